The van der Waals surface area contributed by atoms with E-state index in [4.69, 9.17) is 14.2 Å². The van der Waals surface area contributed by atoms with Crippen LogP contribution in [0.15, 0.2) is 30.3 Å². The topological polar surface area (TPSA) is 85.2 Å². The number of benzene rings is 1. The molecular weight excluding hydrogens is 530 g/mol. The van der Waals surface area contributed by atoms with Crippen molar-refractivity contribution in [2.24, 2.45) is 17.8 Å². The Labute approximate surface area is 245 Å². The third-order valence-corrected chi connectivity index (χ3v) is 8.95. The summed E-state index contributed by atoms with van der Waals surface area (Å²) < 4.78 is 46.8. The van der Waals surface area contributed by atoms with E-state index in [-0.39, 0.29) is 55.6 Å². The molecule has 2 N–H and O–H groups in total. The van der Waals surface area contributed by atoms with Crippen LogP contribution in [0.5, 0.6) is 0 Å². The maximum absolute atomic E-state index is 14.7. The molecule has 1 aliphatic heterocycles. The Balaban J connectivity index is 1.46. The lowest BCUT2D eigenvalue weighted by Crippen LogP contribution is -2.37. The first-order valence-electron chi connectivity index (χ1n) is 15.9. The summed E-state index contributed by atoms with van der Waals surface area (Å²) >= 11 is 0. The molecule has 0 radical (unpaired) electrons. The number of aliphatic hydroxyl groups is 2. The molecule has 2 aliphatic rings. The number of carbonyl (C=O) groups is 1. The second kappa shape index (κ2) is 17.5. The van der Waals surface area contributed by atoms with Crippen LogP contribution in [0, 0.1) is 17.8 Å². The molecule has 1 aliphatic carbocycles. The Hall–Kier alpha value is -1.61. The number of halogens is 2. The van der Waals surface area contributed by atoms with Gasteiger partial charge in [0, 0.05) is 25.9 Å². The van der Waals surface area contributed by atoms with Crippen molar-refractivity contribution in [2.45, 2.75) is 141 Å². The zero-order chi connectivity index (χ0) is 29.7. The fourth-order valence-electron chi connectivity index (χ4n) is 6.24. The number of esters is 1. The Morgan fingerprint density at radius 2 is 1.85 bits per heavy atom. The van der Waals surface area contributed by atoms with E-state index in [2.05, 4.69) is 0 Å². The first-order valence-corrected chi connectivity index (χ1v) is 15.9. The van der Waals surface area contributed by atoms with Gasteiger partial charge in [0.15, 0.2) is 6.29 Å². The van der Waals surface area contributed by atoms with Gasteiger partial charge in [0.25, 0.3) is 5.92 Å². The molecule has 0 bridgehead atoms. The van der Waals surface area contributed by atoms with E-state index in [1.54, 1.807) is 6.92 Å². The van der Waals surface area contributed by atoms with Crippen molar-refractivity contribution in [2.75, 3.05) is 6.61 Å². The summed E-state index contributed by atoms with van der Waals surface area (Å²) in [6, 6.07) is 9.61. The molecule has 0 aromatic heterocycles. The number of rotatable bonds is 18. The number of hydrogen-bond donors (Lipinski definition) is 2. The number of aliphatic hydroxyl groups excluding tert-OH is 2. The summed E-state index contributed by atoms with van der Waals surface area (Å²) in [5, 5.41) is 21.4. The Bertz CT molecular complexity index is 863. The maximum atomic E-state index is 14.7. The molecule has 234 valence electrons. The van der Waals surface area contributed by atoms with Crippen LogP contribution in [-0.4, -0.2) is 53.3 Å². The van der Waals surface area contributed by atoms with Crippen molar-refractivity contribution in [1.29, 1.82) is 0 Å². The minimum atomic E-state index is -3.13. The second-order valence-corrected chi connectivity index (χ2v) is 12.3. The van der Waals surface area contributed by atoms with E-state index in [1.807, 2.05) is 37.3 Å². The van der Waals surface area contributed by atoms with Crippen molar-refractivity contribution in [3.8, 4) is 0 Å². The van der Waals surface area contributed by atoms with E-state index in [0.717, 1.165) is 56.9 Å². The lowest BCUT2D eigenvalue weighted by Gasteiger charge is -2.32. The highest BCUT2D eigenvalue weighted by molar-refractivity contribution is 5.69. The van der Waals surface area contributed by atoms with E-state index >= 15 is 0 Å². The van der Waals surface area contributed by atoms with Crippen molar-refractivity contribution in [3.05, 3.63) is 35.9 Å². The van der Waals surface area contributed by atoms with Crippen molar-refractivity contribution < 1.29 is 38.0 Å². The highest BCUT2D eigenvalue weighted by Crippen LogP contribution is 2.43. The molecule has 0 amide bonds. The van der Waals surface area contributed by atoms with Crippen LogP contribution in [0.1, 0.15) is 109 Å². The van der Waals surface area contributed by atoms with Crippen LogP contribution in [0.25, 0.3) is 0 Å². The Morgan fingerprint density at radius 1 is 1.10 bits per heavy atom. The zero-order valence-electron chi connectivity index (χ0n) is 25.0. The minimum Gasteiger partial charge on any atom is -0.461 e. The van der Waals surface area contributed by atoms with Gasteiger partial charge >= 0.3 is 5.97 Å². The largest absolute Gasteiger partial charge is 0.461 e. The average molecular weight is 583 g/mol. The molecule has 0 spiro atoms. The average Bonchev–Trinajstić information content (AvgIpc) is 3.26. The highest BCUT2D eigenvalue weighted by Gasteiger charge is 2.45. The SMILES string of the molecule is CC[C@H](C)CC(F)(F)C(O)CC[C@@H]1[C@@H](CCCCCCC(=O)OCc2ccccc2)[C@@H](O)C[C@H]1OC1CCCCO1. The van der Waals surface area contributed by atoms with E-state index < -0.39 is 18.1 Å². The van der Waals surface area contributed by atoms with Gasteiger partial charge in [-0.05, 0) is 68.3 Å². The maximum Gasteiger partial charge on any atom is 0.306 e. The predicted octanol–water partition coefficient (Wildman–Crippen LogP) is 7.19. The van der Waals surface area contributed by atoms with Crippen molar-refractivity contribution in [1.82, 2.24) is 0 Å². The van der Waals surface area contributed by atoms with Gasteiger partial charge in [-0.3, -0.25) is 4.79 Å². The van der Waals surface area contributed by atoms with Gasteiger partial charge in [0.05, 0.1) is 12.2 Å². The van der Waals surface area contributed by atoms with Crippen molar-refractivity contribution >= 4 is 5.97 Å². The predicted molar refractivity (Wildman–Crippen MR) is 154 cm³/mol. The number of unbranched alkanes of at least 4 members (excludes halogenated alkanes) is 3. The Morgan fingerprint density at radius 3 is 2.56 bits per heavy atom. The molecule has 2 unspecified atom stereocenters. The summed E-state index contributed by atoms with van der Waals surface area (Å²) in [7, 11) is 0. The van der Waals surface area contributed by atoms with Gasteiger partial charge < -0.3 is 24.4 Å². The molecule has 7 atom stereocenters. The molecular formula is C33H52F2O6. The molecule has 6 nitrogen and oxygen atoms in total. The van der Waals surface area contributed by atoms with Crippen LogP contribution in [0.4, 0.5) is 8.78 Å². The number of alkyl halides is 2. The number of carbonyl (C=O) groups excluding carboxylic acids is 1. The van der Waals surface area contributed by atoms with Crippen LogP contribution in [0.2, 0.25) is 0 Å². The molecule has 1 aromatic carbocycles. The molecule has 3 rings (SSSR count). The van der Waals surface area contributed by atoms with E-state index in [9.17, 15) is 23.8 Å². The van der Waals surface area contributed by atoms with Gasteiger partial charge in [-0.25, -0.2) is 8.78 Å². The summed E-state index contributed by atoms with van der Waals surface area (Å²) in [6.07, 6.45) is 5.64. The zero-order valence-corrected chi connectivity index (χ0v) is 25.0. The lowest BCUT2D eigenvalue weighted by molar-refractivity contribution is -0.197. The molecule has 1 saturated heterocycles. The monoisotopic (exact) mass is 582 g/mol. The van der Waals surface area contributed by atoms with Gasteiger partial charge in [-0.2, -0.15) is 0 Å². The van der Waals surface area contributed by atoms with E-state index in [0.29, 0.717) is 32.3 Å². The van der Waals surface area contributed by atoms with Crippen LogP contribution >= 0.6 is 0 Å². The minimum absolute atomic E-state index is 0.0200. The first kappa shape index (κ1) is 33.9. The van der Waals surface area contributed by atoms with Crippen LogP contribution in [0.3, 0.4) is 0 Å². The molecule has 1 aromatic rings. The highest BCUT2D eigenvalue weighted by atomic mass is 19.3. The first-order chi connectivity index (χ1) is 19.7. The molecule has 1 saturated carbocycles. The van der Waals surface area contributed by atoms with Gasteiger partial charge in [-0.1, -0.05) is 69.9 Å². The molecule has 41 heavy (non-hydrogen) atoms. The van der Waals surface area contributed by atoms with Gasteiger partial charge in [0.2, 0.25) is 0 Å². The fraction of sp³-hybridized carbons (Fsp3) is 0.788. The molecule has 1 heterocycles. The number of hydrogen-bond acceptors (Lipinski definition) is 6. The number of ether oxygens (including phenoxy) is 3. The summed E-state index contributed by atoms with van der Waals surface area (Å²) in [5.74, 6) is -3.68. The van der Waals surface area contributed by atoms with E-state index in [1.165, 1.54) is 0 Å². The van der Waals surface area contributed by atoms with Crippen molar-refractivity contribution in [3.63, 3.8) is 0 Å². The summed E-state index contributed by atoms with van der Waals surface area (Å²) in [5.41, 5.74) is 0.967. The molecule has 2 fully saturated rings. The third-order valence-electron chi connectivity index (χ3n) is 8.95. The summed E-state index contributed by atoms with van der Waals surface area (Å²) in [6.45, 7) is 4.60. The Kier molecular flexibility index (Phi) is 14.5. The quantitative estimate of drug-likeness (QED) is 0.141. The third kappa shape index (κ3) is 11.5. The second-order valence-electron chi connectivity index (χ2n) is 12.3. The lowest BCUT2D eigenvalue weighted by atomic mass is 9.83. The van der Waals surface area contributed by atoms with Crippen LogP contribution in [-0.2, 0) is 25.6 Å². The van der Waals surface area contributed by atoms with Crippen LogP contribution < -0.4 is 0 Å². The smallest absolute Gasteiger partial charge is 0.306 e. The fourth-order valence-corrected chi connectivity index (χ4v) is 6.24. The molecule has 8 heteroatoms. The standard InChI is InChI=1S/C33H52F2O6/c1-3-24(2)22-33(34,35)30(37)19-18-27-26(28(36)21-29(27)41-32-17-11-12-20-39-32)15-9-4-5-10-16-31(38)40-23-25-13-7-6-8-14-25/h6-8,13-14,24,26-30,32,36-37H,3-5,9-12,15-23H2,1-2H3/t24-,26+,27+,28-,29+,30?,32?/m0/s1. The summed E-state index contributed by atoms with van der Waals surface area (Å²) in [4.78, 5) is 12.1. The normalized spacial score (nSPS) is 26.5. The van der Waals surface area contributed by atoms with Gasteiger partial charge in [-0.15, -0.1) is 0 Å². The van der Waals surface area contributed by atoms with Gasteiger partial charge in [0.1, 0.15) is 12.7 Å².